The van der Waals surface area contributed by atoms with E-state index in [1.807, 2.05) is 6.92 Å². The molecule has 0 fully saturated rings. The number of thioether (sulfide) groups is 1. The van der Waals surface area contributed by atoms with Gasteiger partial charge in [-0.15, -0.1) is 0 Å². The summed E-state index contributed by atoms with van der Waals surface area (Å²) in [7, 11) is -4.24. The van der Waals surface area contributed by atoms with Crippen molar-refractivity contribution in [1.29, 1.82) is 0 Å². The summed E-state index contributed by atoms with van der Waals surface area (Å²) in [5.41, 5.74) is -1.62. The third kappa shape index (κ3) is 5.49. The number of rotatable bonds is 5. The molecule has 0 aliphatic carbocycles. The normalized spacial score (nSPS) is 14.8. The van der Waals surface area contributed by atoms with Crippen molar-refractivity contribution >= 4 is 21.9 Å². The van der Waals surface area contributed by atoms with Crippen molar-refractivity contribution in [2.75, 3.05) is 11.5 Å². The molecule has 11 heavy (non-hydrogen) atoms. The van der Waals surface area contributed by atoms with E-state index in [2.05, 4.69) is 0 Å². The third-order valence-corrected chi connectivity index (χ3v) is 2.91. The highest BCUT2D eigenvalue weighted by molar-refractivity contribution is 7.99. The Kier molecular flexibility index (Phi) is 5.07. The van der Waals surface area contributed by atoms with E-state index in [0.29, 0.717) is 5.75 Å². The molecule has 0 radical (unpaired) electrons. The summed E-state index contributed by atoms with van der Waals surface area (Å²) in [4.78, 5) is 0. The molecule has 0 spiro atoms. The van der Waals surface area contributed by atoms with Crippen LogP contribution < -0.4 is 0 Å². The van der Waals surface area contributed by atoms with Crippen LogP contribution in [0.4, 0.5) is 0 Å². The molecule has 0 saturated heterocycles. The standard InChI is InChI=1S/C5H12O4S2/c1-2-10-4-3-5(6)11(7,8)9/h5-6H,2-4H2,1H3,(H,7,8,9). The second-order valence-electron chi connectivity index (χ2n) is 1.96. The average molecular weight is 200 g/mol. The molecule has 0 heterocycles. The van der Waals surface area contributed by atoms with Crippen molar-refractivity contribution in [2.45, 2.75) is 18.8 Å². The van der Waals surface area contributed by atoms with E-state index in [-0.39, 0.29) is 6.42 Å². The third-order valence-electron chi connectivity index (χ3n) is 1.06. The Bertz CT molecular complexity index is 187. The van der Waals surface area contributed by atoms with Crippen LogP contribution in [0.5, 0.6) is 0 Å². The molecule has 0 rings (SSSR count). The number of aliphatic hydroxyl groups is 1. The van der Waals surface area contributed by atoms with Gasteiger partial charge in [0, 0.05) is 0 Å². The fraction of sp³-hybridized carbons (Fsp3) is 1.00. The molecule has 0 amide bonds. The molecule has 1 unspecified atom stereocenters. The number of hydrogen-bond acceptors (Lipinski definition) is 4. The second kappa shape index (κ2) is 4.97. The lowest BCUT2D eigenvalue weighted by Crippen LogP contribution is -2.20. The van der Waals surface area contributed by atoms with Crippen LogP contribution in [0, 0.1) is 0 Å². The minimum absolute atomic E-state index is 0.0807. The maximum absolute atomic E-state index is 10.2. The van der Waals surface area contributed by atoms with Gasteiger partial charge in [-0.3, -0.25) is 4.55 Å². The van der Waals surface area contributed by atoms with Gasteiger partial charge in [0.2, 0.25) is 0 Å². The molecule has 6 heteroatoms. The highest BCUT2D eigenvalue weighted by Gasteiger charge is 2.18. The molecule has 0 aliphatic heterocycles. The van der Waals surface area contributed by atoms with E-state index < -0.39 is 15.6 Å². The number of hydrogen-bond donors (Lipinski definition) is 2. The first-order chi connectivity index (χ1) is 4.98. The minimum Gasteiger partial charge on any atom is -0.375 e. The van der Waals surface area contributed by atoms with Gasteiger partial charge in [-0.2, -0.15) is 20.2 Å². The van der Waals surface area contributed by atoms with Gasteiger partial charge < -0.3 is 5.11 Å². The maximum Gasteiger partial charge on any atom is 0.292 e. The van der Waals surface area contributed by atoms with Crippen LogP contribution in [0.15, 0.2) is 0 Å². The van der Waals surface area contributed by atoms with Crippen LogP contribution in [-0.4, -0.2) is 35.0 Å². The van der Waals surface area contributed by atoms with Gasteiger partial charge in [0.1, 0.15) is 0 Å². The smallest absolute Gasteiger partial charge is 0.292 e. The van der Waals surface area contributed by atoms with Gasteiger partial charge in [0.05, 0.1) is 0 Å². The molecule has 1 atom stereocenters. The van der Waals surface area contributed by atoms with E-state index in [0.717, 1.165) is 5.75 Å². The monoisotopic (exact) mass is 200 g/mol. The highest BCUT2D eigenvalue weighted by Crippen LogP contribution is 2.07. The summed E-state index contributed by atoms with van der Waals surface area (Å²) in [5.74, 6) is 1.41. The van der Waals surface area contributed by atoms with Crippen LogP contribution in [0.25, 0.3) is 0 Å². The first-order valence-electron chi connectivity index (χ1n) is 3.20. The van der Waals surface area contributed by atoms with Crippen LogP contribution in [0.1, 0.15) is 13.3 Å². The fourth-order valence-electron chi connectivity index (χ4n) is 0.477. The maximum atomic E-state index is 10.2. The molecule has 2 N–H and O–H groups in total. The molecule has 4 nitrogen and oxygen atoms in total. The minimum atomic E-state index is -4.24. The summed E-state index contributed by atoms with van der Waals surface area (Å²) in [6.45, 7) is 1.94. The first-order valence-corrected chi connectivity index (χ1v) is 5.86. The van der Waals surface area contributed by atoms with E-state index in [9.17, 15) is 8.42 Å². The lowest BCUT2D eigenvalue weighted by molar-refractivity contribution is 0.230. The first kappa shape index (κ1) is 11.2. The Morgan fingerprint density at radius 2 is 2.09 bits per heavy atom. The Morgan fingerprint density at radius 1 is 1.55 bits per heavy atom. The molecule has 0 aromatic heterocycles. The van der Waals surface area contributed by atoms with Gasteiger partial charge in [-0.25, -0.2) is 0 Å². The number of aliphatic hydroxyl groups excluding tert-OH is 1. The molecule has 0 aromatic carbocycles. The van der Waals surface area contributed by atoms with Crippen molar-refractivity contribution in [3.8, 4) is 0 Å². The largest absolute Gasteiger partial charge is 0.375 e. The summed E-state index contributed by atoms with van der Waals surface area (Å²) < 4.78 is 28.7. The van der Waals surface area contributed by atoms with Gasteiger partial charge in [0.15, 0.2) is 5.44 Å². The SMILES string of the molecule is CCSCCC(O)S(=O)(=O)O. The van der Waals surface area contributed by atoms with Crippen LogP contribution in [0.2, 0.25) is 0 Å². The zero-order chi connectivity index (χ0) is 8.91. The van der Waals surface area contributed by atoms with Crippen LogP contribution in [-0.2, 0) is 10.1 Å². The second-order valence-corrected chi connectivity index (χ2v) is 4.92. The summed E-state index contributed by atoms with van der Waals surface area (Å²) in [5, 5.41) is 8.76. The predicted molar refractivity (Wildman–Crippen MR) is 45.2 cm³/mol. The highest BCUT2D eigenvalue weighted by atomic mass is 32.2. The predicted octanol–water partition coefficient (Wildman–Crippen LogP) is 0.336. The molecule has 0 aliphatic rings. The van der Waals surface area contributed by atoms with E-state index >= 15 is 0 Å². The molecular formula is C5H12O4S2. The van der Waals surface area contributed by atoms with Crippen LogP contribution in [0.3, 0.4) is 0 Å². The topological polar surface area (TPSA) is 74.6 Å². The van der Waals surface area contributed by atoms with Crippen molar-refractivity contribution in [3.05, 3.63) is 0 Å². The molecule has 0 saturated carbocycles. The van der Waals surface area contributed by atoms with Crippen molar-refractivity contribution in [1.82, 2.24) is 0 Å². The fourth-order valence-corrected chi connectivity index (χ4v) is 1.72. The average Bonchev–Trinajstić information content (AvgIpc) is 1.86. The molecule has 68 valence electrons. The Balaban J connectivity index is 3.62. The zero-order valence-corrected chi connectivity index (χ0v) is 7.86. The summed E-state index contributed by atoms with van der Waals surface area (Å²) in [6, 6.07) is 0. The summed E-state index contributed by atoms with van der Waals surface area (Å²) >= 11 is 1.52. The Hall–Kier alpha value is 0.220. The van der Waals surface area contributed by atoms with E-state index in [4.69, 9.17) is 9.66 Å². The van der Waals surface area contributed by atoms with Gasteiger partial charge in [-0.05, 0) is 17.9 Å². The zero-order valence-electron chi connectivity index (χ0n) is 6.23. The van der Waals surface area contributed by atoms with Gasteiger partial charge in [0.25, 0.3) is 10.1 Å². The Labute approximate surface area is 70.7 Å². The van der Waals surface area contributed by atoms with Crippen molar-refractivity contribution in [3.63, 3.8) is 0 Å². The summed E-state index contributed by atoms with van der Waals surface area (Å²) in [6.07, 6.45) is 0.0807. The van der Waals surface area contributed by atoms with E-state index in [1.54, 1.807) is 0 Å². The quantitative estimate of drug-likeness (QED) is 0.494. The van der Waals surface area contributed by atoms with Gasteiger partial charge in [-0.1, -0.05) is 6.92 Å². The lowest BCUT2D eigenvalue weighted by Gasteiger charge is -2.04. The molecular weight excluding hydrogens is 188 g/mol. The Morgan fingerprint density at radius 3 is 2.45 bits per heavy atom. The van der Waals surface area contributed by atoms with Gasteiger partial charge >= 0.3 is 0 Å². The lowest BCUT2D eigenvalue weighted by atomic mass is 10.5. The van der Waals surface area contributed by atoms with Crippen molar-refractivity contribution in [2.24, 2.45) is 0 Å². The van der Waals surface area contributed by atoms with E-state index in [1.165, 1.54) is 11.8 Å². The molecule has 0 aromatic rings. The van der Waals surface area contributed by atoms with Crippen LogP contribution >= 0.6 is 11.8 Å². The molecule has 0 bridgehead atoms. The van der Waals surface area contributed by atoms with Crippen molar-refractivity contribution < 1.29 is 18.1 Å².